The minimum absolute atomic E-state index is 0.0498. The highest BCUT2D eigenvalue weighted by molar-refractivity contribution is 6.31. The Morgan fingerprint density at radius 1 is 1.05 bits per heavy atom. The third-order valence-corrected chi connectivity index (χ3v) is 4.03. The van der Waals surface area contributed by atoms with E-state index in [9.17, 15) is 4.79 Å². The van der Waals surface area contributed by atoms with E-state index >= 15 is 0 Å². The van der Waals surface area contributed by atoms with Crippen molar-refractivity contribution in [2.45, 2.75) is 18.5 Å². The van der Waals surface area contributed by atoms with Crippen molar-refractivity contribution in [3.63, 3.8) is 0 Å². The quantitative estimate of drug-likeness (QED) is 0.804. The molecule has 1 aliphatic heterocycles. The molecule has 1 heterocycles. The van der Waals surface area contributed by atoms with Gasteiger partial charge in [-0.3, -0.25) is 4.79 Å². The molecule has 3 N–H and O–H groups in total. The zero-order valence-corrected chi connectivity index (χ0v) is 13.2. The Labute approximate surface area is 138 Å². The number of amides is 1. The first-order chi connectivity index (χ1) is 10.6. The van der Waals surface area contributed by atoms with Gasteiger partial charge in [0.25, 0.3) is 0 Å². The molecule has 4 nitrogen and oxygen atoms in total. The number of benzene rings is 2. The Morgan fingerprint density at radius 2 is 1.77 bits per heavy atom. The number of carbonyl (C=O) groups is 1. The van der Waals surface area contributed by atoms with E-state index in [1.54, 1.807) is 24.3 Å². The molecule has 2 unspecified atom stereocenters. The van der Waals surface area contributed by atoms with Crippen molar-refractivity contribution in [3.05, 3.63) is 64.1 Å². The van der Waals surface area contributed by atoms with Gasteiger partial charge in [-0.25, -0.2) is 10.9 Å². The molecule has 1 amide bonds. The number of halogens is 2. The van der Waals surface area contributed by atoms with Crippen molar-refractivity contribution < 1.29 is 4.79 Å². The average Bonchev–Trinajstić information content (AvgIpc) is 2.97. The van der Waals surface area contributed by atoms with E-state index < -0.39 is 0 Å². The lowest BCUT2D eigenvalue weighted by Crippen LogP contribution is -2.39. The first-order valence-corrected chi connectivity index (χ1v) is 7.70. The van der Waals surface area contributed by atoms with Gasteiger partial charge in [-0.05, 0) is 42.3 Å². The van der Waals surface area contributed by atoms with E-state index in [0.29, 0.717) is 22.2 Å². The van der Waals surface area contributed by atoms with Gasteiger partial charge < -0.3 is 5.32 Å². The van der Waals surface area contributed by atoms with Gasteiger partial charge in [-0.2, -0.15) is 0 Å². The largest absolute Gasteiger partial charge is 0.325 e. The average molecular weight is 336 g/mol. The normalized spacial score (nSPS) is 20.8. The maximum absolute atomic E-state index is 12.3. The van der Waals surface area contributed by atoms with Gasteiger partial charge in [-0.1, -0.05) is 41.4 Å². The van der Waals surface area contributed by atoms with Gasteiger partial charge in [0.15, 0.2) is 0 Å². The van der Waals surface area contributed by atoms with E-state index in [0.717, 1.165) is 5.56 Å². The van der Waals surface area contributed by atoms with Crippen LogP contribution in [0.1, 0.15) is 18.0 Å². The predicted molar refractivity (Wildman–Crippen MR) is 89.0 cm³/mol. The van der Waals surface area contributed by atoms with Crippen LogP contribution in [0.25, 0.3) is 0 Å². The fraction of sp³-hybridized carbons (Fsp3) is 0.188. The summed E-state index contributed by atoms with van der Waals surface area (Å²) >= 11 is 11.9. The Kier molecular flexibility index (Phi) is 4.64. The SMILES string of the molecule is O=C(Nc1cccc(Cl)c1)C1CC(c2cccc(Cl)c2)NN1. The van der Waals surface area contributed by atoms with E-state index in [2.05, 4.69) is 16.2 Å². The Bertz CT molecular complexity index is 693. The van der Waals surface area contributed by atoms with Gasteiger partial charge in [0, 0.05) is 21.8 Å². The molecular weight excluding hydrogens is 321 g/mol. The number of hydrogen-bond acceptors (Lipinski definition) is 3. The van der Waals surface area contributed by atoms with Gasteiger partial charge in [0.05, 0.1) is 0 Å². The van der Waals surface area contributed by atoms with Crippen molar-refractivity contribution >= 4 is 34.8 Å². The lowest BCUT2D eigenvalue weighted by Gasteiger charge is -2.11. The van der Waals surface area contributed by atoms with Crippen LogP contribution in [0.2, 0.25) is 10.0 Å². The lowest BCUT2D eigenvalue weighted by atomic mass is 10.0. The number of anilines is 1. The molecule has 1 fully saturated rings. The van der Waals surface area contributed by atoms with E-state index in [1.165, 1.54) is 0 Å². The van der Waals surface area contributed by atoms with Crippen LogP contribution in [-0.2, 0) is 4.79 Å². The van der Waals surface area contributed by atoms with Crippen LogP contribution in [0.3, 0.4) is 0 Å². The third kappa shape index (κ3) is 3.59. The fourth-order valence-corrected chi connectivity index (χ4v) is 2.85. The van der Waals surface area contributed by atoms with Crippen LogP contribution in [0.5, 0.6) is 0 Å². The van der Waals surface area contributed by atoms with Crippen LogP contribution in [0.4, 0.5) is 5.69 Å². The van der Waals surface area contributed by atoms with Crippen LogP contribution in [-0.4, -0.2) is 11.9 Å². The summed E-state index contributed by atoms with van der Waals surface area (Å²) in [7, 11) is 0. The minimum atomic E-state index is -0.317. The lowest BCUT2D eigenvalue weighted by molar-refractivity contribution is -0.117. The molecule has 2 aromatic carbocycles. The van der Waals surface area contributed by atoms with Crippen LogP contribution in [0, 0.1) is 0 Å². The molecule has 0 radical (unpaired) electrons. The maximum Gasteiger partial charge on any atom is 0.242 e. The second-order valence-corrected chi connectivity index (χ2v) is 6.06. The summed E-state index contributed by atoms with van der Waals surface area (Å²) in [6.07, 6.45) is 0.646. The summed E-state index contributed by atoms with van der Waals surface area (Å²) in [6.45, 7) is 0. The second kappa shape index (κ2) is 6.67. The molecule has 0 spiro atoms. The van der Waals surface area contributed by atoms with Crippen LogP contribution in [0.15, 0.2) is 48.5 Å². The summed E-state index contributed by atoms with van der Waals surface area (Å²) in [5.41, 5.74) is 7.89. The summed E-state index contributed by atoms with van der Waals surface area (Å²) in [5, 5.41) is 4.13. The molecule has 1 aliphatic rings. The molecule has 0 bridgehead atoms. The second-order valence-electron chi connectivity index (χ2n) is 5.18. The molecule has 22 heavy (non-hydrogen) atoms. The van der Waals surface area contributed by atoms with Crippen LogP contribution < -0.4 is 16.2 Å². The summed E-state index contributed by atoms with van der Waals surface area (Å²) in [5.74, 6) is -0.0979. The number of hydrogen-bond donors (Lipinski definition) is 3. The number of nitrogens with one attached hydrogen (secondary N) is 3. The molecule has 0 saturated carbocycles. The molecule has 2 aromatic rings. The van der Waals surface area contributed by atoms with E-state index in [4.69, 9.17) is 23.2 Å². The van der Waals surface area contributed by atoms with Gasteiger partial charge in [-0.15, -0.1) is 0 Å². The van der Waals surface area contributed by atoms with E-state index in [-0.39, 0.29) is 18.0 Å². The number of rotatable bonds is 3. The minimum Gasteiger partial charge on any atom is -0.325 e. The molecule has 6 heteroatoms. The van der Waals surface area contributed by atoms with Crippen molar-refractivity contribution in [2.75, 3.05) is 5.32 Å². The highest BCUT2D eigenvalue weighted by Gasteiger charge is 2.30. The zero-order chi connectivity index (χ0) is 15.5. The fourth-order valence-electron chi connectivity index (χ4n) is 2.47. The first-order valence-electron chi connectivity index (χ1n) is 6.95. The van der Waals surface area contributed by atoms with Crippen molar-refractivity contribution in [1.82, 2.24) is 10.9 Å². The van der Waals surface area contributed by atoms with Gasteiger partial charge in [0.2, 0.25) is 5.91 Å². The number of carbonyl (C=O) groups excluding carboxylic acids is 1. The third-order valence-electron chi connectivity index (χ3n) is 3.56. The summed E-state index contributed by atoms with van der Waals surface area (Å²) < 4.78 is 0. The van der Waals surface area contributed by atoms with Crippen LogP contribution >= 0.6 is 23.2 Å². The van der Waals surface area contributed by atoms with Gasteiger partial charge >= 0.3 is 0 Å². The Morgan fingerprint density at radius 3 is 2.50 bits per heavy atom. The Balaban J connectivity index is 1.63. The van der Waals surface area contributed by atoms with Gasteiger partial charge in [0.1, 0.15) is 6.04 Å². The highest BCUT2D eigenvalue weighted by atomic mass is 35.5. The highest BCUT2D eigenvalue weighted by Crippen LogP contribution is 2.25. The summed E-state index contributed by atoms with van der Waals surface area (Å²) in [6, 6.07) is 14.4. The molecule has 2 atom stereocenters. The molecule has 1 saturated heterocycles. The molecule has 114 valence electrons. The molecule has 0 aliphatic carbocycles. The molecule has 0 aromatic heterocycles. The van der Waals surface area contributed by atoms with Crippen molar-refractivity contribution in [2.24, 2.45) is 0 Å². The maximum atomic E-state index is 12.3. The topological polar surface area (TPSA) is 53.2 Å². The van der Waals surface area contributed by atoms with E-state index in [1.807, 2.05) is 24.3 Å². The van der Waals surface area contributed by atoms with Crippen molar-refractivity contribution in [1.29, 1.82) is 0 Å². The monoisotopic (exact) mass is 335 g/mol. The smallest absolute Gasteiger partial charge is 0.242 e. The van der Waals surface area contributed by atoms with Crippen molar-refractivity contribution in [3.8, 4) is 0 Å². The first kappa shape index (κ1) is 15.3. The summed E-state index contributed by atoms with van der Waals surface area (Å²) in [4.78, 5) is 12.3. The molecular formula is C16H15Cl2N3O. The molecule has 3 rings (SSSR count). The zero-order valence-electron chi connectivity index (χ0n) is 11.6. The standard InChI is InChI=1S/C16H15Cl2N3O/c17-11-4-1-3-10(7-11)14-9-15(21-20-14)16(22)19-13-6-2-5-12(18)8-13/h1-8,14-15,20-21H,9H2,(H,19,22). The Hall–Kier alpha value is -1.59. The predicted octanol–water partition coefficient (Wildman–Crippen LogP) is 3.54. The number of hydrazine groups is 1.